The molecule has 0 radical (unpaired) electrons. The van der Waals surface area contributed by atoms with E-state index in [0.717, 1.165) is 16.9 Å². The summed E-state index contributed by atoms with van der Waals surface area (Å²) in [5.74, 6) is 0. The maximum absolute atomic E-state index is 10.8. The standard InChI is InChI=1S/C15H16N4O2/c1-10-6-13(4-5-15(10)19(20)21)17-9-12-7-14(8-16)18(3)11(12)2/h4-7,17H,9H2,1-3H3. The van der Waals surface area contributed by atoms with Crippen molar-refractivity contribution in [2.24, 2.45) is 7.05 Å². The number of nitro benzene ring substituents is 1. The predicted octanol–water partition coefficient (Wildman–Crippen LogP) is 3.03. The van der Waals surface area contributed by atoms with E-state index in [1.807, 2.05) is 24.6 Å². The first kappa shape index (κ1) is 14.6. The van der Waals surface area contributed by atoms with Crippen LogP contribution in [-0.4, -0.2) is 9.49 Å². The van der Waals surface area contributed by atoms with Crippen molar-refractivity contribution in [1.29, 1.82) is 5.26 Å². The Morgan fingerprint density at radius 2 is 2.10 bits per heavy atom. The van der Waals surface area contributed by atoms with E-state index in [9.17, 15) is 10.1 Å². The number of aromatic nitrogens is 1. The van der Waals surface area contributed by atoms with Gasteiger partial charge in [0.2, 0.25) is 0 Å². The van der Waals surface area contributed by atoms with E-state index in [1.54, 1.807) is 19.1 Å². The van der Waals surface area contributed by atoms with Gasteiger partial charge in [-0.05, 0) is 37.6 Å². The Hall–Kier alpha value is -2.81. The van der Waals surface area contributed by atoms with Gasteiger partial charge in [0, 0.05) is 36.6 Å². The van der Waals surface area contributed by atoms with Gasteiger partial charge in [0.05, 0.1) is 4.92 Å². The Labute approximate surface area is 122 Å². The zero-order chi connectivity index (χ0) is 15.6. The van der Waals surface area contributed by atoms with Crippen LogP contribution in [-0.2, 0) is 13.6 Å². The van der Waals surface area contributed by atoms with Gasteiger partial charge in [0.15, 0.2) is 0 Å². The number of anilines is 1. The van der Waals surface area contributed by atoms with Crippen molar-refractivity contribution in [2.75, 3.05) is 5.32 Å². The molecule has 0 saturated carbocycles. The van der Waals surface area contributed by atoms with Gasteiger partial charge < -0.3 is 9.88 Å². The Morgan fingerprint density at radius 1 is 1.38 bits per heavy atom. The van der Waals surface area contributed by atoms with Gasteiger partial charge in [-0.1, -0.05) is 0 Å². The normalized spacial score (nSPS) is 10.2. The molecule has 0 saturated heterocycles. The van der Waals surface area contributed by atoms with Crippen molar-refractivity contribution >= 4 is 11.4 Å². The number of nitro groups is 1. The number of benzene rings is 1. The van der Waals surface area contributed by atoms with Gasteiger partial charge in [-0.3, -0.25) is 10.1 Å². The Kier molecular flexibility index (Phi) is 3.94. The second kappa shape index (κ2) is 5.67. The second-order valence-corrected chi connectivity index (χ2v) is 4.92. The van der Waals surface area contributed by atoms with Crippen LogP contribution in [0.25, 0.3) is 0 Å². The number of rotatable bonds is 4. The van der Waals surface area contributed by atoms with Gasteiger partial charge in [-0.2, -0.15) is 5.26 Å². The molecule has 0 bridgehead atoms. The molecule has 0 aliphatic heterocycles. The molecule has 0 unspecified atom stereocenters. The van der Waals surface area contributed by atoms with Crippen LogP contribution >= 0.6 is 0 Å². The molecule has 0 aliphatic carbocycles. The molecule has 2 aromatic rings. The van der Waals surface area contributed by atoms with Crippen LogP contribution in [0.2, 0.25) is 0 Å². The minimum atomic E-state index is -0.389. The van der Waals surface area contributed by atoms with Gasteiger partial charge in [0.1, 0.15) is 11.8 Å². The van der Waals surface area contributed by atoms with E-state index in [1.165, 1.54) is 6.07 Å². The Bertz CT molecular complexity index is 741. The molecule has 6 heteroatoms. The monoisotopic (exact) mass is 284 g/mol. The summed E-state index contributed by atoms with van der Waals surface area (Å²) in [6.45, 7) is 4.24. The molecule has 0 fully saturated rings. The van der Waals surface area contributed by atoms with Crippen molar-refractivity contribution in [1.82, 2.24) is 4.57 Å². The Morgan fingerprint density at radius 3 is 2.62 bits per heavy atom. The third-order valence-corrected chi connectivity index (χ3v) is 3.63. The fourth-order valence-corrected chi connectivity index (χ4v) is 2.22. The molecule has 1 aromatic carbocycles. The van der Waals surface area contributed by atoms with Gasteiger partial charge in [-0.15, -0.1) is 0 Å². The molecule has 108 valence electrons. The first-order chi connectivity index (χ1) is 9.93. The number of hydrogen-bond acceptors (Lipinski definition) is 4. The molecule has 0 aliphatic rings. The van der Waals surface area contributed by atoms with Crippen molar-refractivity contribution in [3.63, 3.8) is 0 Å². The van der Waals surface area contributed by atoms with E-state index >= 15 is 0 Å². The van der Waals surface area contributed by atoms with Crippen LogP contribution in [0.15, 0.2) is 24.3 Å². The SMILES string of the molecule is Cc1cc(NCc2cc(C#N)n(C)c2C)ccc1[N+](=O)[O-]. The van der Waals surface area contributed by atoms with Crippen LogP contribution in [0.5, 0.6) is 0 Å². The van der Waals surface area contributed by atoms with Crippen molar-refractivity contribution in [2.45, 2.75) is 20.4 Å². The lowest BCUT2D eigenvalue weighted by molar-refractivity contribution is -0.385. The van der Waals surface area contributed by atoms with Gasteiger partial charge in [-0.25, -0.2) is 0 Å². The number of nitrogens with zero attached hydrogens (tertiary/aromatic N) is 3. The maximum Gasteiger partial charge on any atom is 0.272 e. The lowest BCUT2D eigenvalue weighted by Crippen LogP contribution is -2.02. The second-order valence-electron chi connectivity index (χ2n) is 4.92. The first-order valence-corrected chi connectivity index (χ1v) is 6.48. The van der Waals surface area contributed by atoms with Crippen LogP contribution in [0.3, 0.4) is 0 Å². The van der Waals surface area contributed by atoms with Crippen LogP contribution in [0.4, 0.5) is 11.4 Å². The smallest absolute Gasteiger partial charge is 0.272 e. The van der Waals surface area contributed by atoms with E-state index in [2.05, 4.69) is 11.4 Å². The molecule has 1 heterocycles. The third-order valence-electron chi connectivity index (χ3n) is 3.63. The van der Waals surface area contributed by atoms with Crippen molar-refractivity contribution in [3.05, 3.63) is 56.9 Å². The highest BCUT2D eigenvalue weighted by Gasteiger charge is 2.11. The summed E-state index contributed by atoms with van der Waals surface area (Å²) in [5.41, 5.74) is 4.22. The van der Waals surface area contributed by atoms with E-state index in [0.29, 0.717) is 17.8 Å². The summed E-state index contributed by atoms with van der Waals surface area (Å²) in [6, 6.07) is 8.93. The van der Waals surface area contributed by atoms with Crippen LogP contribution in [0, 0.1) is 35.3 Å². The summed E-state index contributed by atoms with van der Waals surface area (Å²) >= 11 is 0. The highest BCUT2D eigenvalue weighted by molar-refractivity contribution is 5.54. The fourth-order valence-electron chi connectivity index (χ4n) is 2.22. The Balaban J connectivity index is 2.16. The molecule has 1 aromatic heterocycles. The largest absolute Gasteiger partial charge is 0.381 e. The molecule has 2 rings (SSSR count). The number of nitrogens with one attached hydrogen (secondary N) is 1. The van der Waals surface area contributed by atoms with Crippen molar-refractivity contribution in [3.8, 4) is 6.07 Å². The highest BCUT2D eigenvalue weighted by Crippen LogP contribution is 2.22. The summed E-state index contributed by atoms with van der Waals surface area (Å²) in [5, 5.41) is 23.0. The predicted molar refractivity (Wildman–Crippen MR) is 80.0 cm³/mol. The lowest BCUT2D eigenvalue weighted by Gasteiger charge is -2.08. The molecule has 0 spiro atoms. The minimum Gasteiger partial charge on any atom is -0.381 e. The first-order valence-electron chi connectivity index (χ1n) is 6.48. The highest BCUT2D eigenvalue weighted by atomic mass is 16.6. The molecule has 1 N–H and O–H groups in total. The molecular weight excluding hydrogens is 268 g/mol. The average molecular weight is 284 g/mol. The minimum absolute atomic E-state index is 0.114. The van der Waals surface area contributed by atoms with E-state index < -0.39 is 0 Å². The fraction of sp³-hybridized carbons (Fsp3) is 0.267. The molecule has 21 heavy (non-hydrogen) atoms. The third kappa shape index (κ3) is 2.87. The van der Waals surface area contributed by atoms with Crippen LogP contribution in [0.1, 0.15) is 22.5 Å². The summed E-state index contributed by atoms with van der Waals surface area (Å²) in [6.07, 6.45) is 0. The molecule has 0 amide bonds. The summed E-state index contributed by atoms with van der Waals surface area (Å²) in [7, 11) is 1.85. The molecule has 6 nitrogen and oxygen atoms in total. The maximum atomic E-state index is 10.8. The van der Waals surface area contributed by atoms with Gasteiger partial charge >= 0.3 is 0 Å². The topological polar surface area (TPSA) is 83.9 Å². The zero-order valence-electron chi connectivity index (χ0n) is 12.2. The van der Waals surface area contributed by atoms with E-state index in [-0.39, 0.29) is 10.6 Å². The number of aryl methyl sites for hydroxylation is 1. The quantitative estimate of drug-likeness (QED) is 0.691. The van der Waals surface area contributed by atoms with Crippen LogP contribution < -0.4 is 5.32 Å². The zero-order valence-corrected chi connectivity index (χ0v) is 12.2. The van der Waals surface area contributed by atoms with E-state index in [4.69, 9.17) is 5.26 Å². The molecule has 0 atom stereocenters. The summed E-state index contributed by atoms with van der Waals surface area (Å²) in [4.78, 5) is 10.4. The lowest BCUT2D eigenvalue weighted by atomic mass is 10.1. The number of nitriles is 1. The van der Waals surface area contributed by atoms with Gasteiger partial charge in [0.25, 0.3) is 5.69 Å². The number of hydrogen-bond donors (Lipinski definition) is 1. The average Bonchev–Trinajstić information content (AvgIpc) is 2.72. The summed E-state index contributed by atoms with van der Waals surface area (Å²) < 4.78 is 1.85. The molecular formula is C15H16N4O2. The van der Waals surface area contributed by atoms with Crippen molar-refractivity contribution < 1.29 is 4.92 Å².